The predicted octanol–water partition coefficient (Wildman–Crippen LogP) is 4.24. The van der Waals surface area contributed by atoms with Crippen LogP contribution in [0.15, 0.2) is 46.9 Å². The van der Waals surface area contributed by atoms with Crippen molar-refractivity contribution in [2.45, 2.75) is 0 Å². The average molecular weight is 328 g/mol. The lowest BCUT2D eigenvalue weighted by atomic mass is 10.0. The fourth-order valence-electron chi connectivity index (χ4n) is 2.02. The van der Waals surface area contributed by atoms with E-state index in [1.54, 1.807) is 0 Å². The van der Waals surface area contributed by atoms with Crippen molar-refractivity contribution in [1.29, 1.82) is 5.26 Å². The lowest BCUT2D eigenvalue weighted by Crippen LogP contribution is -1.92. The van der Waals surface area contributed by atoms with Gasteiger partial charge in [-0.2, -0.15) is 5.26 Å². The Morgan fingerprint density at radius 1 is 1.15 bits per heavy atom. The first-order valence-electron chi connectivity index (χ1n) is 6.04. The summed E-state index contributed by atoms with van der Waals surface area (Å²) < 4.78 is 11.5. The van der Waals surface area contributed by atoms with Gasteiger partial charge >= 0.3 is 0 Å². The third-order valence-electron chi connectivity index (χ3n) is 2.99. The fraction of sp³-hybridized carbons (Fsp3) is 0.0625. The Balaban J connectivity index is 2.02. The van der Waals surface area contributed by atoms with E-state index in [0.29, 0.717) is 11.3 Å². The average Bonchev–Trinajstić information content (AvgIpc) is 2.93. The van der Waals surface area contributed by atoms with Crippen LogP contribution in [0, 0.1) is 11.3 Å². The van der Waals surface area contributed by atoms with Crippen molar-refractivity contribution in [2.24, 2.45) is 0 Å². The number of rotatable bonds is 2. The van der Waals surface area contributed by atoms with Gasteiger partial charge in [-0.3, -0.25) is 0 Å². The molecule has 1 aliphatic heterocycles. The summed E-state index contributed by atoms with van der Waals surface area (Å²) in [6.45, 7) is 0.248. The van der Waals surface area contributed by atoms with Gasteiger partial charge < -0.3 is 9.47 Å². The smallest absolute Gasteiger partial charge is 0.231 e. The first kappa shape index (κ1) is 12.8. The number of hydrogen-bond donors (Lipinski definition) is 0. The quantitative estimate of drug-likeness (QED) is 0.612. The van der Waals surface area contributed by atoms with Gasteiger partial charge in [0.15, 0.2) is 11.5 Å². The molecule has 0 N–H and O–H groups in total. The van der Waals surface area contributed by atoms with Crippen LogP contribution in [0.5, 0.6) is 11.5 Å². The summed E-state index contributed by atoms with van der Waals surface area (Å²) in [4.78, 5) is 0. The molecule has 1 heterocycles. The minimum absolute atomic E-state index is 0.248. The molecule has 2 aromatic carbocycles. The molecule has 0 fully saturated rings. The molecule has 0 amide bonds. The summed E-state index contributed by atoms with van der Waals surface area (Å²) in [5, 5.41) is 9.36. The zero-order valence-electron chi connectivity index (χ0n) is 10.5. The normalized spacial score (nSPS) is 13.1. The molecule has 4 heteroatoms. The Morgan fingerprint density at radius 3 is 2.75 bits per heavy atom. The van der Waals surface area contributed by atoms with Crippen LogP contribution in [0.4, 0.5) is 0 Å². The summed E-state index contributed by atoms with van der Waals surface area (Å²) in [6, 6.07) is 15.5. The molecule has 3 rings (SSSR count). The zero-order valence-corrected chi connectivity index (χ0v) is 12.1. The van der Waals surface area contributed by atoms with Crippen LogP contribution in [0.25, 0.3) is 11.6 Å². The van der Waals surface area contributed by atoms with E-state index in [9.17, 15) is 5.26 Å². The van der Waals surface area contributed by atoms with Gasteiger partial charge in [-0.15, -0.1) is 0 Å². The van der Waals surface area contributed by atoms with Crippen LogP contribution >= 0.6 is 15.9 Å². The number of allylic oxidation sites excluding steroid dienone is 1. The highest BCUT2D eigenvalue weighted by Gasteiger charge is 2.13. The number of nitriles is 1. The van der Waals surface area contributed by atoms with Crippen molar-refractivity contribution in [1.82, 2.24) is 0 Å². The molecule has 0 bridgehead atoms. The Bertz CT molecular complexity index is 731. The molecule has 2 aromatic rings. The first-order valence-corrected chi connectivity index (χ1v) is 6.83. The highest BCUT2D eigenvalue weighted by molar-refractivity contribution is 9.10. The Morgan fingerprint density at radius 2 is 1.95 bits per heavy atom. The van der Waals surface area contributed by atoms with Crippen molar-refractivity contribution in [3.8, 4) is 17.6 Å². The molecule has 0 spiro atoms. The number of ether oxygens (including phenoxy) is 2. The second kappa shape index (κ2) is 5.40. The Kier molecular flexibility index (Phi) is 3.44. The Hall–Kier alpha value is -2.25. The van der Waals surface area contributed by atoms with Crippen LogP contribution in [0.1, 0.15) is 11.1 Å². The van der Waals surface area contributed by atoms with Gasteiger partial charge in [0.2, 0.25) is 6.79 Å². The van der Waals surface area contributed by atoms with Crippen LogP contribution < -0.4 is 9.47 Å². The van der Waals surface area contributed by atoms with E-state index in [1.165, 1.54) is 0 Å². The third-order valence-corrected chi connectivity index (χ3v) is 3.68. The minimum atomic E-state index is 0.248. The van der Waals surface area contributed by atoms with E-state index >= 15 is 0 Å². The standard InChI is InChI=1S/C16H10BrNO2/c17-14-4-2-1-3-13(14)12(9-18)7-11-5-6-15-16(8-11)20-10-19-15/h1-8H,10H2. The van der Waals surface area contributed by atoms with Crippen LogP contribution in [-0.2, 0) is 0 Å². The lowest BCUT2D eigenvalue weighted by molar-refractivity contribution is 0.174. The van der Waals surface area contributed by atoms with Gasteiger partial charge in [0, 0.05) is 10.0 Å². The Labute approximate surface area is 125 Å². The molecule has 20 heavy (non-hydrogen) atoms. The van der Waals surface area contributed by atoms with E-state index in [4.69, 9.17) is 9.47 Å². The molecule has 98 valence electrons. The highest BCUT2D eigenvalue weighted by atomic mass is 79.9. The molecule has 0 saturated heterocycles. The van der Waals surface area contributed by atoms with Crippen molar-refractivity contribution in [2.75, 3.05) is 6.79 Å². The van der Waals surface area contributed by atoms with Crippen molar-refractivity contribution in [3.63, 3.8) is 0 Å². The highest BCUT2D eigenvalue weighted by Crippen LogP contribution is 2.34. The van der Waals surface area contributed by atoms with Gasteiger partial charge in [-0.25, -0.2) is 0 Å². The fourth-order valence-corrected chi connectivity index (χ4v) is 2.52. The van der Waals surface area contributed by atoms with Crippen molar-refractivity contribution in [3.05, 3.63) is 58.1 Å². The predicted molar refractivity (Wildman–Crippen MR) is 80.2 cm³/mol. The molecule has 3 nitrogen and oxygen atoms in total. The van der Waals surface area contributed by atoms with E-state index in [2.05, 4.69) is 22.0 Å². The lowest BCUT2D eigenvalue weighted by Gasteiger charge is -2.03. The zero-order chi connectivity index (χ0) is 13.9. The summed E-state index contributed by atoms with van der Waals surface area (Å²) in [7, 11) is 0. The maximum absolute atomic E-state index is 9.36. The number of halogens is 1. The molecule has 0 unspecified atom stereocenters. The number of hydrogen-bond acceptors (Lipinski definition) is 3. The minimum Gasteiger partial charge on any atom is -0.454 e. The summed E-state index contributed by atoms with van der Waals surface area (Å²) in [5.74, 6) is 1.45. The van der Waals surface area contributed by atoms with Gasteiger partial charge in [0.1, 0.15) is 0 Å². The molecular weight excluding hydrogens is 318 g/mol. The van der Waals surface area contributed by atoms with E-state index in [-0.39, 0.29) is 6.79 Å². The summed E-state index contributed by atoms with van der Waals surface area (Å²) in [5.41, 5.74) is 2.37. The molecule has 0 aliphatic carbocycles. The second-order valence-electron chi connectivity index (χ2n) is 4.26. The molecule has 0 atom stereocenters. The number of fused-ring (bicyclic) bond motifs is 1. The van der Waals surface area contributed by atoms with E-state index < -0.39 is 0 Å². The molecule has 0 saturated carbocycles. The molecule has 1 aliphatic rings. The van der Waals surface area contributed by atoms with Gasteiger partial charge in [-0.05, 0) is 29.8 Å². The molecule has 0 aromatic heterocycles. The van der Waals surface area contributed by atoms with Crippen molar-refractivity contribution >= 4 is 27.6 Å². The SMILES string of the molecule is N#CC(=Cc1ccc2c(c1)OCO2)c1ccccc1Br. The van der Waals surface area contributed by atoms with Gasteiger partial charge in [0.05, 0.1) is 11.6 Å². The largest absolute Gasteiger partial charge is 0.454 e. The van der Waals surface area contributed by atoms with Crippen LogP contribution in [-0.4, -0.2) is 6.79 Å². The van der Waals surface area contributed by atoms with Crippen LogP contribution in [0.3, 0.4) is 0 Å². The maximum atomic E-state index is 9.36. The molecular formula is C16H10BrNO2. The van der Waals surface area contributed by atoms with Gasteiger partial charge in [-0.1, -0.05) is 40.2 Å². The second-order valence-corrected chi connectivity index (χ2v) is 5.12. The van der Waals surface area contributed by atoms with Crippen LogP contribution in [0.2, 0.25) is 0 Å². The topological polar surface area (TPSA) is 42.2 Å². The summed E-state index contributed by atoms with van der Waals surface area (Å²) in [6.07, 6.45) is 1.84. The number of nitrogens with zero attached hydrogens (tertiary/aromatic N) is 1. The third kappa shape index (κ3) is 2.40. The van der Waals surface area contributed by atoms with E-state index in [0.717, 1.165) is 21.3 Å². The molecule has 0 radical (unpaired) electrons. The summed E-state index contributed by atoms with van der Waals surface area (Å²) >= 11 is 3.46. The van der Waals surface area contributed by atoms with E-state index in [1.807, 2.05) is 48.5 Å². The van der Waals surface area contributed by atoms with Crippen molar-refractivity contribution < 1.29 is 9.47 Å². The van der Waals surface area contributed by atoms with Gasteiger partial charge in [0.25, 0.3) is 0 Å². The number of benzene rings is 2. The maximum Gasteiger partial charge on any atom is 0.231 e. The first-order chi connectivity index (χ1) is 9.78. The monoisotopic (exact) mass is 327 g/mol.